The molecular formula is C21H24O5. The Morgan fingerprint density at radius 2 is 1.62 bits per heavy atom. The first-order chi connectivity index (χ1) is 12.6. The summed E-state index contributed by atoms with van der Waals surface area (Å²) < 4.78 is 17.7. The average Bonchev–Trinajstić information content (AvgIpc) is 3.25. The lowest BCUT2D eigenvalue weighted by atomic mass is 9.84. The molecule has 0 unspecified atom stereocenters. The average molecular weight is 356 g/mol. The van der Waals surface area contributed by atoms with Crippen LogP contribution in [0, 0.1) is 18.8 Å². The Morgan fingerprint density at radius 3 is 2.23 bits per heavy atom. The van der Waals surface area contributed by atoms with Crippen molar-refractivity contribution in [3.05, 3.63) is 58.7 Å². The molecule has 138 valence electrons. The van der Waals surface area contributed by atoms with Crippen LogP contribution in [0.4, 0.5) is 0 Å². The molecule has 0 spiro atoms. The Labute approximate surface area is 153 Å². The highest BCUT2D eigenvalue weighted by atomic mass is 16.5. The van der Waals surface area contributed by atoms with Gasteiger partial charge in [-0.3, -0.25) is 0 Å². The molecule has 0 bridgehead atoms. The van der Waals surface area contributed by atoms with Crippen molar-refractivity contribution in [2.75, 3.05) is 20.3 Å². The highest BCUT2D eigenvalue weighted by Crippen LogP contribution is 2.50. The first-order valence-corrected chi connectivity index (χ1v) is 8.92. The smallest absolute Gasteiger partial charge is 0.122 e. The first-order valence-electron chi connectivity index (χ1n) is 8.92. The molecule has 2 aliphatic rings. The van der Waals surface area contributed by atoms with E-state index in [1.165, 1.54) is 0 Å². The SMILES string of the molecule is COc1cc([C@H]2OC[C@H]3[C@@H]2CO[C@@H]3c2ccc(O)c(CO)c2)ccc1C. The summed E-state index contributed by atoms with van der Waals surface area (Å²) in [6.07, 6.45) is -0.0860. The zero-order valence-electron chi connectivity index (χ0n) is 15.0. The fourth-order valence-corrected chi connectivity index (χ4v) is 4.16. The number of ether oxygens (including phenoxy) is 3. The molecule has 0 radical (unpaired) electrons. The second-order valence-electron chi connectivity index (χ2n) is 7.11. The third-order valence-electron chi connectivity index (χ3n) is 5.63. The molecule has 5 nitrogen and oxygen atoms in total. The Hall–Kier alpha value is -2.08. The van der Waals surface area contributed by atoms with E-state index in [0.29, 0.717) is 18.8 Å². The van der Waals surface area contributed by atoms with Crippen LogP contribution < -0.4 is 4.74 Å². The molecule has 4 rings (SSSR count). The minimum absolute atomic E-state index is 0.00562. The normalized spacial score (nSPS) is 27.5. The van der Waals surface area contributed by atoms with Crippen LogP contribution >= 0.6 is 0 Å². The van der Waals surface area contributed by atoms with Gasteiger partial charge in [0.25, 0.3) is 0 Å². The maximum Gasteiger partial charge on any atom is 0.122 e. The van der Waals surface area contributed by atoms with E-state index in [0.717, 1.165) is 22.4 Å². The van der Waals surface area contributed by atoms with E-state index >= 15 is 0 Å². The molecule has 2 N–H and O–H groups in total. The van der Waals surface area contributed by atoms with Crippen LogP contribution in [0.15, 0.2) is 36.4 Å². The van der Waals surface area contributed by atoms with Crippen LogP contribution in [0.1, 0.15) is 34.5 Å². The molecule has 4 atom stereocenters. The van der Waals surface area contributed by atoms with E-state index in [1.807, 2.05) is 19.1 Å². The molecule has 2 fully saturated rings. The van der Waals surface area contributed by atoms with Crippen molar-refractivity contribution < 1.29 is 24.4 Å². The molecule has 2 saturated heterocycles. The topological polar surface area (TPSA) is 68.2 Å². The van der Waals surface area contributed by atoms with Crippen molar-refractivity contribution in [3.63, 3.8) is 0 Å². The van der Waals surface area contributed by atoms with Gasteiger partial charge in [-0.2, -0.15) is 0 Å². The summed E-state index contributed by atoms with van der Waals surface area (Å²) in [5.74, 6) is 1.51. The number of aliphatic hydroxyl groups excluding tert-OH is 1. The summed E-state index contributed by atoms with van der Waals surface area (Å²) in [4.78, 5) is 0. The van der Waals surface area contributed by atoms with Crippen molar-refractivity contribution in [2.24, 2.45) is 11.8 Å². The van der Waals surface area contributed by atoms with Crippen LogP contribution in [-0.4, -0.2) is 30.5 Å². The van der Waals surface area contributed by atoms with Gasteiger partial charge in [0.05, 0.1) is 39.1 Å². The maximum absolute atomic E-state index is 9.79. The number of aromatic hydroxyl groups is 1. The van der Waals surface area contributed by atoms with E-state index in [2.05, 4.69) is 18.2 Å². The number of fused-ring (bicyclic) bond motifs is 1. The van der Waals surface area contributed by atoms with Gasteiger partial charge in [0.15, 0.2) is 0 Å². The maximum atomic E-state index is 9.79. The summed E-state index contributed by atoms with van der Waals surface area (Å²) >= 11 is 0. The first kappa shape index (κ1) is 17.3. The number of benzene rings is 2. The lowest BCUT2D eigenvalue weighted by Gasteiger charge is -2.18. The highest BCUT2D eigenvalue weighted by molar-refractivity contribution is 5.39. The lowest BCUT2D eigenvalue weighted by molar-refractivity contribution is 0.0192. The fourth-order valence-electron chi connectivity index (χ4n) is 4.16. The van der Waals surface area contributed by atoms with Gasteiger partial charge < -0.3 is 24.4 Å². The Kier molecular flexibility index (Phi) is 4.61. The third kappa shape index (κ3) is 2.86. The number of hydrogen-bond donors (Lipinski definition) is 2. The number of hydrogen-bond acceptors (Lipinski definition) is 5. The molecule has 2 aliphatic heterocycles. The Morgan fingerprint density at radius 1 is 1.00 bits per heavy atom. The van der Waals surface area contributed by atoms with Gasteiger partial charge in [0.1, 0.15) is 11.5 Å². The summed E-state index contributed by atoms with van der Waals surface area (Å²) in [6.45, 7) is 3.10. The Balaban J connectivity index is 1.58. The van der Waals surface area contributed by atoms with Crippen LogP contribution in [-0.2, 0) is 16.1 Å². The predicted molar refractivity (Wildman–Crippen MR) is 96.1 cm³/mol. The molecule has 0 aliphatic carbocycles. The standard InChI is InChI=1S/C21H24O5/c1-12-3-4-14(8-19(12)24-2)21-17-11-25-20(16(17)10-26-21)13-5-6-18(23)15(7-13)9-22/h3-8,16-17,20-23H,9-11H2,1-2H3/t16-,17-,20+,21+/m0/s1. The van der Waals surface area contributed by atoms with E-state index in [4.69, 9.17) is 14.2 Å². The van der Waals surface area contributed by atoms with Crippen molar-refractivity contribution in [1.82, 2.24) is 0 Å². The van der Waals surface area contributed by atoms with Crippen LogP contribution in [0.25, 0.3) is 0 Å². The van der Waals surface area contributed by atoms with Gasteiger partial charge in [-0.1, -0.05) is 18.2 Å². The minimum Gasteiger partial charge on any atom is -0.508 e. The molecule has 2 aromatic rings. The number of aliphatic hydroxyl groups is 1. The molecule has 26 heavy (non-hydrogen) atoms. The summed E-state index contributed by atoms with van der Waals surface area (Å²) in [7, 11) is 1.68. The van der Waals surface area contributed by atoms with Gasteiger partial charge in [0.2, 0.25) is 0 Å². The monoisotopic (exact) mass is 356 g/mol. The Bertz CT molecular complexity index is 735. The van der Waals surface area contributed by atoms with Gasteiger partial charge >= 0.3 is 0 Å². The second kappa shape index (κ2) is 6.91. The zero-order valence-corrected chi connectivity index (χ0v) is 15.0. The van der Waals surface area contributed by atoms with E-state index in [-0.39, 0.29) is 36.4 Å². The molecule has 2 aromatic carbocycles. The molecule has 0 amide bonds. The summed E-state index contributed by atoms with van der Waals surface area (Å²) in [6, 6.07) is 11.5. The van der Waals surface area contributed by atoms with E-state index < -0.39 is 0 Å². The minimum atomic E-state index is -0.192. The highest BCUT2D eigenvalue weighted by Gasteiger charge is 2.48. The number of rotatable bonds is 4. The van der Waals surface area contributed by atoms with Crippen LogP contribution in [0.3, 0.4) is 0 Å². The van der Waals surface area contributed by atoms with Gasteiger partial charge in [-0.25, -0.2) is 0 Å². The van der Waals surface area contributed by atoms with Crippen LogP contribution in [0.2, 0.25) is 0 Å². The van der Waals surface area contributed by atoms with Crippen molar-refractivity contribution in [3.8, 4) is 11.5 Å². The fraction of sp³-hybridized carbons (Fsp3) is 0.429. The van der Waals surface area contributed by atoms with Crippen LogP contribution in [0.5, 0.6) is 11.5 Å². The van der Waals surface area contributed by atoms with Gasteiger partial charge in [0, 0.05) is 17.4 Å². The van der Waals surface area contributed by atoms with Crippen molar-refractivity contribution >= 4 is 0 Å². The number of methoxy groups -OCH3 is 1. The summed E-state index contributed by atoms with van der Waals surface area (Å²) in [5, 5.41) is 19.2. The molecular weight excluding hydrogens is 332 g/mol. The third-order valence-corrected chi connectivity index (χ3v) is 5.63. The van der Waals surface area contributed by atoms with Gasteiger partial charge in [-0.05, 0) is 41.8 Å². The lowest BCUT2D eigenvalue weighted by Crippen LogP contribution is -2.14. The van der Waals surface area contributed by atoms with E-state index in [1.54, 1.807) is 13.2 Å². The zero-order chi connectivity index (χ0) is 18.3. The van der Waals surface area contributed by atoms with Gasteiger partial charge in [-0.15, -0.1) is 0 Å². The van der Waals surface area contributed by atoms with Crippen molar-refractivity contribution in [2.45, 2.75) is 25.7 Å². The largest absolute Gasteiger partial charge is 0.508 e. The summed E-state index contributed by atoms with van der Waals surface area (Å²) in [5.41, 5.74) is 3.72. The van der Waals surface area contributed by atoms with Crippen molar-refractivity contribution in [1.29, 1.82) is 0 Å². The molecule has 5 heteroatoms. The number of aryl methyl sites for hydroxylation is 1. The molecule has 0 aromatic heterocycles. The molecule has 2 heterocycles. The second-order valence-corrected chi connectivity index (χ2v) is 7.11. The predicted octanol–water partition coefficient (Wildman–Crippen LogP) is 3.28. The molecule has 0 saturated carbocycles. The quantitative estimate of drug-likeness (QED) is 0.880. The number of phenols is 1. The van der Waals surface area contributed by atoms with E-state index in [9.17, 15) is 10.2 Å².